The molecule has 1 aromatic carbocycles. The summed E-state index contributed by atoms with van der Waals surface area (Å²) in [5.41, 5.74) is 2.22. The zero-order valence-corrected chi connectivity index (χ0v) is 11.6. The number of hydrogen-bond donors (Lipinski definition) is 1. The number of imidazole rings is 1. The Morgan fingerprint density at radius 1 is 1.33 bits per heavy atom. The minimum atomic E-state index is -0.640. The number of carbonyl (C=O) groups excluding carboxylic acids is 2. The van der Waals surface area contributed by atoms with Gasteiger partial charge in [0.05, 0.1) is 31.4 Å². The van der Waals surface area contributed by atoms with Gasteiger partial charge in [0.1, 0.15) is 6.04 Å². The predicted octanol–water partition coefficient (Wildman–Crippen LogP) is 1.15. The smallest absolute Gasteiger partial charge is 0.329 e. The molecule has 0 spiro atoms. The molecule has 2 heterocycles. The average molecular weight is 285 g/mol. The number of ether oxygens (including phenoxy) is 1. The fourth-order valence-electron chi connectivity index (χ4n) is 2.54. The van der Waals surface area contributed by atoms with E-state index in [0.29, 0.717) is 18.5 Å². The maximum Gasteiger partial charge on any atom is 0.329 e. The summed E-state index contributed by atoms with van der Waals surface area (Å²) in [4.78, 5) is 33.4. The van der Waals surface area contributed by atoms with Crippen molar-refractivity contribution in [3.05, 3.63) is 53.6 Å². The SMILES string of the molecule is COC(=O)C1Cc2nc[nH]c2CN1C(=O)c1ccccc1. The number of carbonyl (C=O) groups is 2. The quantitative estimate of drug-likeness (QED) is 0.840. The lowest BCUT2D eigenvalue weighted by Crippen LogP contribution is -2.49. The van der Waals surface area contributed by atoms with Crippen molar-refractivity contribution in [3.63, 3.8) is 0 Å². The van der Waals surface area contributed by atoms with E-state index >= 15 is 0 Å². The van der Waals surface area contributed by atoms with E-state index in [-0.39, 0.29) is 5.91 Å². The molecule has 21 heavy (non-hydrogen) atoms. The molecule has 0 bridgehead atoms. The van der Waals surface area contributed by atoms with Gasteiger partial charge in [-0.15, -0.1) is 0 Å². The summed E-state index contributed by atoms with van der Waals surface area (Å²) in [6.07, 6.45) is 1.94. The van der Waals surface area contributed by atoms with E-state index in [1.165, 1.54) is 12.0 Å². The number of aromatic nitrogens is 2. The molecule has 3 rings (SSSR count). The van der Waals surface area contributed by atoms with E-state index in [9.17, 15) is 9.59 Å². The first-order chi connectivity index (χ1) is 10.2. The van der Waals surface area contributed by atoms with Crippen molar-refractivity contribution in [2.45, 2.75) is 19.0 Å². The number of benzene rings is 1. The van der Waals surface area contributed by atoms with Crippen molar-refractivity contribution < 1.29 is 14.3 Å². The molecule has 6 nitrogen and oxygen atoms in total. The van der Waals surface area contributed by atoms with Crippen LogP contribution >= 0.6 is 0 Å². The Labute approximate surface area is 121 Å². The highest BCUT2D eigenvalue weighted by molar-refractivity contribution is 5.97. The van der Waals surface area contributed by atoms with Crippen molar-refractivity contribution in [3.8, 4) is 0 Å². The highest BCUT2D eigenvalue weighted by Crippen LogP contribution is 2.23. The van der Waals surface area contributed by atoms with Crippen LogP contribution in [0.25, 0.3) is 0 Å². The number of esters is 1. The van der Waals surface area contributed by atoms with Gasteiger partial charge in [-0.1, -0.05) is 18.2 Å². The molecule has 2 aromatic rings. The largest absolute Gasteiger partial charge is 0.467 e. The molecule has 0 aliphatic carbocycles. The maximum atomic E-state index is 12.6. The lowest BCUT2D eigenvalue weighted by molar-refractivity contribution is -0.146. The van der Waals surface area contributed by atoms with Gasteiger partial charge in [-0.25, -0.2) is 9.78 Å². The van der Waals surface area contributed by atoms with Crippen molar-refractivity contribution in [1.29, 1.82) is 0 Å². The summed E-state index contributed by atoms with van der Waals surface area (Å²) >= 11 is 0. The first kappa shape index (κ1) is 13.4. The second kappa shape index (κ2) is 5.40. The van der Waals surface area contributed by atoms with Gasteiger partial charge in [0.2, 0.25) is 0 Å². The van der Waals surface area contributed by atoms with Crippen LogP contribution in [0.2, 0.25) is 0 Å². The van der Waals surface area contributed by atoms with Crippen LogP contribution in [0.1, 0.15) is 21.7 Å². The van der Waals surface area contributed by atoms with Gasteiger partial charge < -0.3 is 14.6 Å². The summed E-state index contributed by atoms with van der Waals surface area (Å²) < 4.78 is 4.83. The first-order valence-electron chi connectivity index (χ1n) is 6.65. The third-order valence-corrected chi connectivity index (χ3v) is 3.65. The van der Waals surface area contributed by atoms with Crippen molar-refractivity contribution in [2.75, 3.05) is 7.11 Å². The molecule has 0 saturated carbocycles. The van der Waals surface area contributed by atoms with Gasteiger partial charge in [-0.05, 0) is 12.1 Å². The molecule has 6 heteroatoms. The molecule has 1 atom stereocenters. The van der Waals surface area contributed by atoms with Crippen LogP contribution in [-0.2, 0) is 22.5 Å². The Hall–Kier alpha value is -2.63. The van der Waals surface area contributed by atoms with E-state index in [0.717, 1.165) is 11.4 Å². The highest BCUT2D eigenvalue weighted by atomic mass is 16.5. The molecule has 1 N–H and O–H groups in total. The molecule has 0 saturated heterocycles. The van der Waals surface area contributed by atoms with Crippen LogP contribution in [0.5, 0.6) is 0 Å². The van der Waals surface area contributed by atoms with Gasteiger partial charge in [-0.2, -0.15) is 0 Å². The molecule has 0 radical (unpaired) electrons. The summed E-state index contributed by atoms with van der Waals surface area (Å²) in [7, 11) is 1.33. The second-order valence-corrected chi connectivity index (χ2v) is 4.87. The molecule has 108 valence electrons. The Bertz CT molecular complexity index is 666. The number of methoxy groups -OCH3 is 1. The zero-order chi connectivity index (χ0) is 14.8. The third kappa shape index (κ3) is 2.40. The Morgan fingerprint density at radius 2 is 2.10 bits per heavy atom. The second-order valence-electron chi connectivity index (χ2n) is 4.87. The van der Waals surface area contributed by atoms with Gasteiger partial charge in [0.15, 0.2) is 0 Å². The summed E-state index contributed by atoms with van der Waals surface area (Å²) in [5.74, 6) is -0.612. The number of amides is 1. The lowest BCUT2D eigenvalue weighted by atomic mass is 10.0. The number of H-pyrrole nitrogens is 1. The van der Waals surface area contributed by atoms with Gasteiger partial charge >= 0.3 is 5.97 Å². The molecule has 1 aliphatic rings. The predicted molar refractivity (Wildman–Crippen MR) is 74.4 cm³/mol. The topological polar surface area (TPSA) is 75.3 Å². The fraction of sp³-hybridized carbons (Fsp3) is 0.267. The molecule has 1 aliphatic heterocycles. The maximum absolute atomic E-state index is 12.6. The highest BCUT2D eigenvalue weighted by Gasteiger charge is 2.36. The summed E-state index contributed by atoms with van der Waals surface area (Å²) in [6.45, 7) is 0.322. The Balaban J connectivity index is 1.94. The van der Waals surface area contributed by atoms with Crippen LogP contribution in [-0.4, -0.2) is 39.9 Å². The summed E-state index contributed by atoms with van der Waals surface area (Å²) in [6, 6.07) is 8.27. The minimum Gasteiger partial charge on any atom is -0.467 e. The number of rotatable bonds is 2. The van der Waals surface area contributed by atoms with Crippen molar-refractivity contribution in [1.82, 2.24) is 14.9 Å². The average Bonchev–Trinajstić information content (AvgIpc) is 3.00. The number of aromatic amines is 1. The van der Waals surface area contributed by atoms with Crippen molar-refractivity contribution >= 4 is 11.9 Å². The Morgan fingerprint density at radius 3 is 2.81 bits per heavy atom. The lowest BCUT2D eigenvalue weighted by Gasteiger charge is -2.33. The van der Waals surface area contributed by atoms with Crippen molar-refractivity contribution in [2.24, 2.45) is 0 Å². The van der Waals surface area contributed by atoms with Crippen LogP contribution in [0.4, 0.5) is 0 Å². The van der Waals surface area contributed by atoms with E-state index in [2.05, 4.69) is 9.97 Å². The van der Waals surface area contributed by atoms with E-state index < -0.39 is 12.0 Å². The zero-order valence-electron chi connectivity index (χ0n) is 11.6. The normalized spacial score (nSPS) is 17.2. The van der Waals surface area contributed by atoms with Crippen LogP contribution in [0.3, 0.4) is 0 Å². The molecule has 1 unspecified atom stereocenters. The van der Waals surface area contributed by atoms with Gasteiger partial charge in [0, 0.05) is 12.0 Å². The van der Waals surface area contributed by atoms with Crippen LogP contribution < -0.4 is 0 Å². The molecular formula is C15H15N3O3. The van der Waals surface area contributed by atoms with E-state index in [1.54, 1.807) is 30.6 Å². The number of nitrogens with one attached hydrogen (secondary N) is 1. The van der Waals surface area contributed by atoms with Gasteiger partial charge in [0.25, 0.3) is 5.91 Å². The van der Waals surface area contributed by atoms with Gasteiger partial charge in [-0.3, -0.25) is 4.79 Å². The van der Waals surface area contributed by atoms with Crippen LogP contribution in [0, 0.1) is 0 Å². The molecular weight excluding hydrogens is 270 g/mol. The minimum absolute atomic E-state index is 0.189. The molecule has 0 fully saturated rings. The first-order valence-corrected chi connectivity index (χ1v) is 6.65. The molecule has 1 aromatic heterocycles. The third-order valence-electron chi connectivity index (χ3n) is 3.65. The monoisotopic (exact) mass is 285 g/mol. The van der Waals surface area contributed by atoms with E-state index in [1.807, 2.05) is 6.07 Å². The number of fused-ring (bicyclic) bond motifs is 1. The molecule has 1 amide bonds. The van der Waals surface area contributed by atoms with Crippen LogP contribution in [0.15, 0.2) is 36.7 Å². The van der Waals surface area contributed by atoms with E-state index in [4.69, 9.17) is 4.74 Å². The fourth-order valence-corrected chi connectivity index (χ4v) is 2.54. The number of hydrogen-bond acceptors (Lipinski definition) is 4. The summed E-state index contributed by atoms with van der Waals surface area (Å²) in [5, 5.41) is 0. The standard InChI is InChI=1S/C15H15N3O3/c1-21-15(20)13-7-11-12(17-9-16-11)8-18(13)14(19)10-5-3-2-4-6-10/h2-6,9,13H,7-8H2,1H3,(H,16,17). The Kier molecular flexibility index (Phi) is 3.43. The number of nitrogens with zero attached hydrogens (tertiary/aromatic N) is 2.